The van der Waals surface area contributed by atoms with Gasteiger partial charge in [-0.25, -0.2) is 9.97 Å². The van der Waals surface area contributed by atoms with Crippen molar-refractivity contribution in [2.75, 3.05) is 5.32 Å². The van der Waals surface area contributed by atoms with Gasteiger partial charge in [0.15, 0.2) is 0 Å². The number of benzene rings is 3. The summed E-state index contributed by atoms with van der Waals surface area (Å²) < 4.78 is 1.03. The number of rotatable bonds is 2. The van der Waals surface area contributed by atoms with Crippen molar-refractivity contribution >= 4 is 49.1 Å². The van der Waals surface area contributed by atoms with Crippen molar-refractivity contribution in [1.82, 2.24) is 9.97 Å². The predicted molar refractivity (Wildman–Crippen MR) is 94.5 cm³/mol. The van der Waals surface area contributed by atoms with Gasteiger partial charge >= 0.3 is 0 Å². The summed E-state index contributed by atoms with van der Waals surface area (Å²) in [7, 11) is 0. The van der Waals surface area contributed by atoms with Gasteiger partial charge in [-0.2, -0.15) is 0 Å². The second-order valence-corrected chi connectivity index (χ2v) is 5.99. The van der Waals surface area contributed by atoms with Crippen molar-refractivity contribution in [2.45, 2.75) is 0 Å². The van der Waals surface area contributed by atoms with Crippen LogP contribution in [0.5, 0.6) is 0 Å². The molecule has 106 valence electrons. The third-order valence-corrected chi connectivity index (χ3v) is 4.08. The maximum atomic E-state index is 4.40. The predicted octanol–water partition coefficient (Wildman–Crippen LogP) is 5.29. The molecule has 1 heterocycles. The molecule has 0 saturated carbocycles. The zero-order valence-corrected chi connectivity index (χ0v) is 13.2. The number of halogens is 1. The van der Waals surface area contributed by atoms with E-state index in [0.717, 1.165) is 26.9 Å². The second kappa shape index (κ2) is 5.39. The Morgan fingerprint density at radius 2 is 1.64 bits per heavy atom. The molecule has 0 spiro atoms. The van der Waals surface area contributed by atoms with Gasteiger partial charge in [-0.15, -0.1) is 0 Å². The standard InChI is InChI=1S/C18H12BrN3/c19-14-6-3-7-15(10-14)22-18-16-8-12-4-1-2-5-13(12)9-17(16)20-11-21-18/h1-11H,(H,20,21,22). The zero-order valence-electron chi connectivity index (χ0n) is 11.6. The van der Waals surface area contributed by atoms with Crippen LogP contribution in [0.2, 0.25) is 0 Å². The molecule has 0 aliphatic carbocycles. The molecule has 0 amide bonds. The van der Waals surface area contributed by atoms with E-state index in [9.17, 15) is 0 Å². The van der Waals surface area contributed by atoms with E-state index in [0.29, 0.717) is 0 Å². The molecule has 0 saturated heterocycles. The highest BCUT2D eigenvalue weighted by atomic mass is 79.9. The van der Waals surface area contributed by atoms with Crippen LogP contribution >= 0.6 is 15.9 Å². The smallest absolute Gasteiger partial charge is 0.141 e. The fourth-order valence-corrected chi connectivity index (χ4v) is 2.94. The lowest BCUT2D eigenvalue weighted by Crippen LogP contribution is -1.96. The van der Waals surface area contributed by atoms with Crippen LogP contribution in [-0.4, -0.2) is 9.97 Å². The number of anilines is 2. The fourth-order valence-electron chi connectivity index (χ4n) is 2.55. The number of aromatic nitrogens is 2. The zero-order chi connectivity index (χ0) is 14.9. The lowest BCUT2D eigenvalue weighted by molar-refractivity contribution is 1.22. The van der Waals surface area contributed by atoms with Gasteiger partial charge in [0.1, 0.15) is 12.1 Å². The summed E-state index contributed by atoms with van der Waals surface area (Å²) >= 11 is 3.49. The van der Waals surface area contributed by atoms with Gasteiger partial charge < -0.3 is 5.32 Å². The molecule has 0 unspecified atom stereocenters. The molecule has 0 atom stereocenters. The van der Waals surface area contributed by atoms with E-state index in [1.165, 1.54) is 10.8 Å². The van der Waals surface area contributed by atoms with Gasteiger partial charge in [0.2, 0.25) is 0 Å². The highest BCUT2D eigenvalue weighted by Gasteiger charge is 2.06. The van der Waals surface area contributed by atoms with Crippen LogP contribution in [-0.2, 0) is 0 Å². The van der Waals surface area contributed by atoms with Gasteiger partial charge in [-0.1, -0.05) is 46.3 Å². The maximum Gasteiger partial charge on any atom is 0.141 e. The van der Waals surface area contributed by atoms with Crippen LogP contribution in [0.4, 0.5) is 11.5 Å². The van der Waals surface area contributed by atoms with Crippen molar-refractivity contribution in [3.63, 3.8) is 0 Å². The average Bonchev–Trinajstić information content (AvgIpc) is 2.53. The number of fused-ring (bicyclic) bond motifs is 2. The van der Waals surface area contributed by atoms with Crippen LogP contribution in [0, 0.1) is 0 Å². The van der Waals surface area contributed by atoms with Gasteiger partial charge in [-0.05, 0) is 41.1 Å². The summed E-state index contributed by atoms with van der Waals surface area (Å²) in [6, 6.07) is 20.5. The average molecular weight is 350 g/mol. The Balaban J connectivity index is 1.88. The summed E-state index contributed by atoms with van der Waals surface area (Å²) in [6.07, 6.45) is 1.59. The molecule has 3 aromatic carbocycles. The first-order valence-electron chi connectivity index (χ1n) is 6.96. The first-order chi connectivity index (χ1) is 10.8. The molecular weight excluding hydrogens is 338 g/mol. The first-order valence-corrected chi connectivity index (χ1v) is 7.75. The molecule has 0 bridgehead atoms. The van der Waals surface area contributed by atoms with Crippen LogP contribution in [0.25, 0.3) is 21.7 Å². The third kappa shape index (κ3) is 2.42. The van der Waals surface area contributed by atoms with Crippen LogP contribution in [0.15, 0.2) is 71.5 Å². The van der Waals surface area contributed by atoms with Crippen molar-refractivity contribution in [2.24, 2.45) is 0 Å². The molecule has 4 heteroatoms. The van der Waals surface area contributed by atoms with Crippen LogP contribution in [0.1, 0.15) is 0 Å². The van der Waals surface area contributed by atoms with Crippen LogP contribution in [0.3, 0.4) is 0 Å². The number of hydrogen-bond acceptors (Lipinski definition) is 3. The minimum Gasteiger partial charge on any atom is -0.340 e. The van der Waals surface area contributed by atoms with Crippen molar-refractivity contribution in [3.05, 3.63) is 71.5 Å². The van der Waals surface area contributed by atoms with Gasteiger partial charge in [-0.3, -0.25) is 0 Å². The van der Waals surface area contributed by atoms with E-state index in [1.807, 2.05) is 36.4 Å². The molecule has 1 aromatic heterocycles. The Labute approximate surface area is 136 Å². The minimum atomic E-state index is 0.814. The van der Waals surface area contributed by atoms with Crippen molar-refractivity contribution in [3.8, 4) is 0 Å². The molecule has 0 fully saturated rings. The van der Waals surface area contributed by atoms with Gasteiger partial charge in [0.25, 0.3) is 0 Å². The highest BCUT2D eigenvalue weighted by Crippen LogP contribution is 2.28. The minimum absolute atomic E-state index is 0.814. The first kappa shape index (κ1) is 13.2. The second-order valence-electron chi connectivity index (χ2n) is 5.07. The Morgan fingerprint density at radius 1 is 0.818 bits per heavy atom. The SMILES string of the molecule is Brc1cccc(Nc2ncnc3cc4ccccc4cc23)c1. The monoisotopic (exact) mass is 349 g/mol. The topological polar surface area (TPSA) is 37.8 Å². The van der Waals surface area contributed by atoms with E-state index in [1.54, 1.807) is 6.33 Å². The molecule has 4 rings (SSSR count). The summed E-state index contributed by atoms with van der Waals surface area (Å²) in [5.41, 5.74) is 1.92. The van der Waals surface area contributed by atoms with E-state index < -0.39 is 0 Å². The molecule has 0 aliphatic rings. The van der Waals surface area contributed by atoms with Crippen molar-refractivity contribution < 1.29 is 0 Å². The number of nitrogens with one attached hydrogen (secondary N) is 1. The lowest BCUT2D eigenvalue weighted by Gasteiger charge is -2.09. The largest absolute Gasteiger partial charge is 0.340 e. The summed E-state index contributed by atoms with van der Waals surface area (Å²) in [5.74, 6) is 0.814. The fraction of sp³-hybridized carbons (Fsp3) is 0. The quantitative estimate of drug-likeness (QED) is 0.499. The maximum absolute atomic E-state index is 4.40. The van der Waals surface area contributed by atoms with Gasteiger partial charge in [0.05, 0.1) is 5.52 Å². The van der Waals surface area contributed by atoms with E-state index in [4.69, 9.17) is 0 Å². The number of nitrogens with zero attached hydrogens (tertiary/aromatic N) is 2. The van der Waals surface area contributed by atoms with E-state index in [2.05, 4.69) is 55.5 Å². The molecule has 1 N–H and O–H groups in total. The van der Waals surface area contributed by atoms with Crippen LogP contribution < -0.4 is 5.32 Å². The lowest BCUT2D eigenvalue weighted by atomic mass is 10.1. The molecular formula is C18H12BrN3. The molecule has 3 nitrogen and oxygen atoms in total. The molecule has 0 aliphatic heterocycles. The molecule has 22 heavy (non-hydrogen) atoms. The summed E-state index contributed by atoms with van der Waals surface area (Å²) in [5, 5.41) is 6.75. The van der Waals surface area contributed by atoms with Gasteiger partial charge in [0, 0.05) is 15.5 Å². The van der Waals surface area contributed by atoms with E-state index >= 15 is 0 Å². The van der Waals surface area contributed by atoms with E-state index in [-0.39, 0.29) is 0 Å². The Morgan fingerprint density at radius 3 is 2.45 bits per heavy atom. The Hall–Kier alpha value is -2.46. The Kier molecular flexibility index (Phi) is 3.24. The Bertz CT molecular complexity index is 982. The van der Waals surface area contributed by atoms with Crippen molar-refractivity contribution in [1.29, 1.82) is 0 Å². The third-order valence-electron chi connectivity index (χ3n) is 3.59. The number of hydrogen-bond donors (Lipinski definition) is 1. The summed E-state index contributed by atoms with van der Waals surface area (Å²) in [4.78, 5) is 8.79. The highest BCUT2D eigenvalue weighted by molar-refractivity contribution is 9.10. The normalized spacial score (nSPS) is 11.0. The molecule has 4 aromatic rings. The molecule has 0 radical (unpaired) electrons. The summed E-state index contributed by atoms with van der Waals surface area (Å²) in [6.45, 7) is 0.